The van der Waals surface area contributed by atoms with Gasteiger partial charge in [0.15, 0.2) is 6.20 Å². The summed E-state index contributed by atoms with van der Waals surface area (Å²) in [7, 11) is 0. The van der Waals surface area contributed by atoms with Gasteiger partial charge in [-0.1, -0.05) is 4.80 Å². The normalized spacial score (nSPS) is 12.8. The van der Waals surface area contributed by atoms with Gasteiger partial charge in [0.2, 0.25) is 0 Å². The molecule has 1 N–H and O–H groups in total. The zero-order valence-corrected chi connectivity index (χ0v) is 7.26. The van der Waals surface area contributed by atoms with Crippen molar-refractivity contribution in [2.24, 2.45) is 0 Å². The van der Waals surface area contributed by atoms with E-state index in [4.69, 9.17) is 16.7 Å². The highest BCUT2D eigenvalue weighted by atomic mass is 35.5. The van der Waals surface area contributed by atoms with Crippen LogP contribution in [0.5, 0.6) is 0 Å². The topological polar surface area (TPSA) is 94.1 Å². The molecule has 0 aliphatic heterocycles. The lowest BCUT2D eigenvalue weighted by atomic mass is 10.4. The number of aromatic nitrogens is 3. The van der Waals surface area contributed by atoms with Crippen LogP contribution in [0.4, 0.5) is 5.82 Å². The summed E-state index contributed by atoms with van der Waals surface area (Å²) in [5.74, 6) is -0.309. The third-order valence-electron chi connectivity index (χ3n) is 1.26. The average molecular weight is 207 g/mol. The molecule has 0 radical (unpaired) electrons. The lowest BCUT2D eigenvalue weighted by molar-refractivity contribution is -0.389. The molecule has 72 valence electrons. The SMILES string of the molecule is O=[N+]([O-])c1cnn(CC(O)CCl)n1. The molecule has 0 aromatic carbocycles. The van der Waals surface area contributed by atoms with E-state index in [0.717, 1.165) is 11.0 Å². The van der Waals surface area contributed by atoms with Gasteiger partial charge in [-0.25, -0.2) is 0 Å². The van der Waals surface area contributed by atoms with E-state index in [1.165, 1.54) is 0 Å². The van der Waals surface area contributed by atoms with E-state index in [9.17, 15) is 10.1 Å². The second-order valence-electron chi connectivity index (χ2n) is 2.32. The van der Waals surface area contributed by atoms with Crippen LogP contribution >= 0.6 is 11.6 Å². The molecule has 0 spiro atoms. The van der Waals surface area contributed by atoms with Gasteiger partial charge in [-0.05, 0) is 4.92 Å². The lowest BCUT2D eigenvalue weighted by Crippen LogP contribution is -2.19. The summed E-state index contributed by atoms with van der Waals surface area (Å²) in [4.78, 5) is 10.5. The van der Waals surface area contributed by atoms with E-state index in [-0.39, 0.29) is 18.2 Å². The number of alkyl halides is 1. The number of nitrogens with zero attached hydrogens (tertiary/aromatic N) is 4. The summed E-state index contributed by atoms with van der Waals surface area (Å²) in [6.07, 6.45) is 0.217. The molecule has 0 amide bonds. The minimum absolute atomic E-state index is 0.0370. The molecule has 8 heteroatoms. The number of rotatable bonds is 4. The van der Waals surface area contributed by atoms with Crippen LogP contribution in [0.25, 0.3) is 0 Å². The van der Waals surface area contributed by atoms with Crippen molar-refractivity contribution >= 4 is 17.4 Å². The monoisotopic (exact) mass is 206 g/mol. The minimum Gasteiger partial charge on any atom is -0.390 e. The first-order valence-corrected chi connectivity index (χ1v) is 3.95. The summed E-state index contributed by atoms with van der Waals surface area (Å²) >= 11 is 5.32. The first-order chi connectivity index (χ1) is 6.13. The molecule has 0 aliphatic carbocycles. The van der Waals surface area contributed by atoms with Crippen LogP contribution in [0.15, 0.2) is 6.20 Å². The zero-order valence-electron chi connectivity index (χ0n) is 6.50. The Bertz CT molecular complexity index is 302. The Morgan fingerprint density at radius 1 is 1.85 bits per heavy atom. The van der Waals surface area contributed by atoms with Crippen molar-refractivity contribution < 1.29 is 10.0 Å². The average Bonchev–Trinajstić information content (AvgIpc) is 2.52. The maximum Gasteiger partial charge on any atom is 0.410 e. The molecule has 1 aromatic heterocycles. The Morgan fingerprint density at radius 2 is 2.54 bits per heavy atom. The Hall–Kier alpha value is -1.21. The second-order valence-corrected chi connectivity index (χ2v) is 2.63. The highest BCUT2D eigenvalue weighted by molar-refractivity contribution is 6.18. The van der Waals surface area contributed by atoms with Crippen molar-refractivity contribution in [3.63, 3.8) is 0 Å². The Labute approximate surface area is 78.1 Å². The molecule has 1 atom stereocenters. The molecule has 7 nitrogen and oxygen atoms in total. The van der Waals surface area contributed by atoms with Crippen LogP contribution in [0.2, 0.25) is 0 Å². The van der Waals surface area contributed by atoms with E-state index in [1.54, 1.807) is 0 Å². The number of hydrogen-bond donors (Lipinski definition) is 1. The van der Waals surface area contributed by atoms with Gasteiger partial charge in [0.25, 0.3) is 0 Å². The van der Waals surface area contributed by atoms with Crippen LogP contribution in [-0.2, 0) is 6.54 Å². The van der Waals surface area contributed by atoms with Gasteiger partial charge in [0, 0.05) is 0 Å². The van der Waals surface area contributed by atoms with Gasteiger partial charge in [-0.15, -0.1) is 16.7 Å². The molecular weight excluding hydrogens is 200 g/mol. The number of aliphatic hydroxyl groups is 1. The van der Waals surface area contributed by atoms with E-state index in [0.29, 0.717) is 0 Å². The van der Waals surface area contributed by atoms with Gasteiger partial charge in [-0.2, -0.15) is 0 Å². The molecule has 0 bridgehead atoms. The van der Waals surface area contributed by atoms with Gasteiger partial charge in [0.1, 0.15) is 6.54 Å². The summed E-state index contributed by atoms with van der Waals surface area (Å²) < 4.78 is 0. The van der Waals surface area contributed by atoms with Crippen LogP contribution in [0.1, 0.15) is 0 Å². The molecule has 1 unspecified atom stereocenters. The van der Waals surface area contributed by atoms with E-state index in [1.807, 2.05) is 0 Å². The smallest absolute Gasteiger partial charge is 0.390 e. The molecule has 0 saturated heterocycles. The van der Waals surface area contributed by atoms with E-state index in [2.05, 4.69) is 10.2 Å². The number of nitro groups is 1. The molecule has 1 aromatic rings. The summed E-state index contributed by atoms with van der Waals surface area (Å²) in [6, 6.07) is 0. The first kappa shape index (κ1) is 9.87. The Balaban J connectivity index is 2.64. The van der Waals surface area contributed by atoms with Gasteiger partial charge >= 0.3 is 5.82 Å². The standard InChI is InChI=1S/C5H7ClN4O3/c6-1-4(11)3-9-7-2-5(8-9)10(12)13/h2,4,11H,1,3H2. The lowest BCUT2D eigenvalue weighted by Gasteiger charge is -2.00. The van der Waals surface area contributed by atoms with Gasteiger partial charge in [0.05, 0.1) is 17.1 Å². The maximum absolute atomic E-state index is 10.2. The van der Waals surface area contributed by atoms with E-state index >= 15 is 0 Å². The van der Waals surface area contributed by atoms with Crippen molar-refractivity contribution in [3.8, 4) is 0 Å². The number of halogens is 1. The number of hydrogen-bond acceptors (Lipinski definition) is 5. The van der Waals surface area contributed by atoms with Crippen molar-refractivity contribution in [2.45, 2.75) is 12.6 Å². The molecular formula is C5H7ClN4O3. The third kappa shape index (κ3) is 2.63. The molecule has 0 fully saturated rings. The highest BCUT2D eigenvalue weighted by Gasteiger charge is 2.14. The highest BCUT2D eigenvalue weighted by Crippen LogP contribution is 2.02. The zero-order chi connectivity index (χ0) is 9.84. The molecule has 0 aliphatic rings. The first-order valence-electron chi connectivity index (χ1n) is 3.42. The van der Waals surface area contributed by atoms with Crippen LogP contribution in [0, 0.1) is 10.1 Å². The van der Waals surface area contributed by atoms with E-state index < -0.39 is 11.0 Å². The molecule has 0 saturated carbocycles. The largest absolute Gasteiger partial charge is 0.410 e. The summed E-state index contributed by atoms with van der Waals surface area (Å²) in [6.45, 7) is 0.0529. The van der Waals surface area contributed by atoms with Crippen molar-refractivity contribution in [1.82, 2.24) is 15.0 Å². The van der Waals surface area contributed by atoms with Crippen molar-refractivity contribution in [3.05, 3.63) is 16.3 Å². The third-order valence-corrected chi connectivity index (χ3v) is 1.62. The molecule has 1 rings (SSSR count). The summed E-state index contributed by atoms with van der Waals surface area (Å²) in [5, 5.41) is 26.3. The number of aliphatic hydroxyl groups excluding tert-OH is 1. The molecule has 1 heterocycles. The second kappa shape index (κ2) is 4.15. The Morgan fingerprint density at radius 3 is 3.00 bits per heavy atom. The molecule has 13 heavy (non-hydrogen) atoms. The quantitative estimate of drug-likeness (QED) is 0.418. The fourth-order valence-electron chi connectivity index (χ4n) is 0.697. The van der Waals surface area contributed by atoms with Crippen LogP contribution < -0.4 is 0 Å². The predicted octanol–water partition coefficient (Wildman–Crippen LogP) is -0.214. The fraction of sp³-hybridized carbons (Fsp3) is 0.600. The van der Waals surface area contributed by atoms with Crippen molar-refractivity contribution in [2.75, 3.05) is 5.88 Å². The van der Waals surface area contributed by atoms with Crippen LogP contribution in [0.3, 0.4) is 0 Å². The van der Waals surface area contributed by atoms with Gasteiger partial charge in [-0.3, -0.25) is 0 Å². The van der Waals surface area contributed by atoms with Crippen molar-refractivity contribution in [1.29, 1.82) is 0 Å². The fourth-order valence-corrected chi connectivity index (χ4v) is 0.795. The van der Waals surface area contributed by atoms with Gasteiger partial charge < -0.3 is 15.2 Å². The summed E-state index contributed by atoms with van der Waals surface area (Å²) in [5.41, 5.74) is 0. The Kier molecular flexibility index (Phi) is 3.15. The minimum atomic E-state index is -0.798. The van der Waals surface area contributed by atoms with Crippen LogP contribution in [-0.4, -0.2) is 37.0 Å². The predicted molar refractivity (Wildman–Crippen MR) is 43.4 cm³/mol. The maximum atomic E-state index is 10.2.